The average Bonchev–Trinajstić information content (AvgIpc) is 2.78. The molecule has 2 aliphatic heterocycles. The molecule has 3 rings (SSSR count). The molecule has 2 heterocycles. The minimum Gasteiger partial charge on any atom is -0.403 e. The van der Waals surface area contributed by atoms with Crippen LogP contribution in [0.1, 0.15) is 55.4 Å². The smallest absolute Gasteiger partial charge is 0.403 e. The van der Waals surface area contributed by atoms with Crippen LogP contribution in [-0.4, -0.2) is 36.6 Å². The van der Waals surface area contributed by atoms with Gasteiger partial charge in [0.05, 0.1) is 22.4 Å². The highest BCUT2D eigenvalue weighted by atomic mass is 16.7. The molecule has 6 heteroatoms. The first-order valence-corrected chi connectivity index (χ1v) is 9.59. The van der Waals surface area contributed by atoms with Gasteiger partial charge < -0.3 is 18.6 Å². The first-order valence-electron chi connectivity index (χ1n) is 9.59. The fourth-order valence-electron chi connectivity index (χ4n) is 3.22. The summed E-state index contributed by atoms with van der Waals surface area (Å²) in [6.45, 7) is 16.6. The van der Waals surface area contributed by atoms with E-state index in [1.54, 1.807) is 0 Å². The second kappa shape index (κ2) is 6.37. The zero-order chi connectivity index (χ0) is 19.4. The molecule has 142 valence electrons. The topological polar surface area (TPSA) is 36.9 Å². The maximum absolute atomic E-state index is 6.22. The van der Waals surface area contributed by atoms with E-state index in [4.69, 9.17) is 18.6 Å². The zero-order valence-electron chi connectivity index (χ0n) is 17.4. The van der Waals surface area contributed by atoms with E-state index >= 15 is 0 Å². The third-order valence-electron chi connectivity index (χ3n) is 6.50. The first kappa shape index (κ1) is 19.9. The lowest BCUT2D eigenvalue weighted by molar-refractivity contribution is 0.00578. The summed E-state index contributed by atoms with van der Waals surface area (Å²) in [5.41, 5.74) is -1.32. The molecular weight excluding hydrogens is 326 g/mol. The van der Waals surface area contributed by atoms with Gasteiger partial charge in [0.15, 0.2) is 0 Å². The van der Waals surface area contributed by atoms with Gasteiger partial charge in [0, 0.05) is 11.6 Å². The molecule has 0 bridgehead atoms. The first-order chi connectivity index (χ1) is 11.8. The van der Waals surface area contributed by atoms with Crippen LogP contribution in [0.5, 0.6) is 0 Å². The monoisotopic (exact) mass is 358 g/mol. The molecule has 0 saturated carbocycles. The van der Waals surface area contributed by atoms with Gasteiger partial charge >= 0.3 is 14.2 Å². The van der Waals surface area contributed by atoms with E-state index in [9.17, 15) is 0 Å². The van der Waals surface area contributed by atoms with Crippen LogP contribution < -0.4 is 0 Å². The van der Waals surface area contributed by atoms with Crippen LogP contribution in [0.25, 0.3) is 0 Å². The quantitative estimate of drug-likeness (QED) is 0.534. The molecule has 4 nitrogen and oxygen atoms in total. The van der Waals surface area contributed by atoms with Crippen molar-refractivity contribution in [3.63, 3.8) is 0 Å². The highest BCUT2D eigenvalue weighted by molar-refractivity contribution is 6.50. The van der Waals surface area contributed by atoms with E-state index in [0.29, 0.717) is 0 Å². The second-order valence-corrected chi connectivity index (χ2v) is 9.56. The predicted molar refractivity (Wildman–Crippen MR) is 107 cm³/mol. The lowest BCUT2D eigenvalue weighted by atomic mass is 9.66. The summed E-state index contributed by atoms with van der Waals surface area (Å²) < 4.78 is 24.9. The minimum atomic E-state index is -0.331. The van der Waals surface area contributed by atoms with Crippen LogP contribution in [0, 0.1) is 0 Å². The van der Waals surface area contributed by atoms with E-state index in [2.05, 4.69) is 91.8 Å². The van der Waals surface area contributed by atoms with Gasteiger partial charge in [0.25, 0.3) is 0 Å². The summed E-state index contributed by atoms with van der Waals surface area (Å²) in [5.74, 6) is 0.0943. The van der Waals surface area contributed by atoms with Crippen molar-refractivity contribution in [3.05, 3.63) is 36.5 Å². The van der Waals surface area contributed by atoms with Crippen molar-refractivity contribution in [2.45, 2.75) is 89.4 Å². The SMILES string of the molecule is CC1(C)OB(C2/C=C\C=C/C(B3OC(C)(C)C(C)(C)O3)/C=C\2)OC1(C)C. The van der Waals surface area contributed by atoms with Gasteiger partial charge in [0.2, 0.25) is 0 Å². The number of hydrogen-bond donors (Lipinski definition) is 0. The Hall–Kier alpha value is -0.810. The lowest BCUT2D eigenvalue weighted by Gasteiger charge is -2.32. The number of hydrogen-bond acceptors (Lipinski definition) is 4. The maximum Gasteiger partial charge on any atom is 0.469 e. The van der Waals surface area contributed by atoms with Gasteiger partial charge in [-0.1, -0.05) is 36.5 Å². The van der Waals surface area contributed by atoms with E-state index < -0.39 is 0 Å². The molecule has 2 fully saturated rings. The third kappa shape index (κ3) is 3.49. The fourth-order valence-corrected chi connectivity index (χ4v) is 3.22. The van der Waals surface area contributed by atoms with Gasteiger partial charge in [-0.2, -0.15) is 0 Å². The van der Waals surface area contributed by atoms with E-state index in [1.165, 1.54) is 0 Å². The summed E-state index contributed by atoms with van der Waals surface area (Å²) in [4.78, 5) is 0. The van der Waals surface area contributed by atoms with Crippen LogP contribution in [0.15, 0.2) is 36.5 Å². The summed E-state index contributed by atoms with van der Waals surface area (Å²) in [7, 11) is -0.587. The van der Waals surface area contributed by atoms with Crippen LogP contribution in [0.4, 0.5) is 0 Å². The van der Waals surface area contributed by atoms with Crippen LogP contribution in [0.3, 0.4) is 0 Å². The highest BCUT2D eigenvalue weighted by Gasteiger charge is 2.54. The molecule has 0 radical (unpaired) electrons. The van der Waals surface area contributed by atoms with Gasteiger partial charge in [-0.25, -0.2) is 0 Å². The van der Waals surface area contributed by atoms with Gasteiger partial charge in [0.1, 0.15) is 0 Å². The number of rotatable bonds is 2. The summed E-state index contributed by atoms with van der Waals surface area (Å²) in [5, 5.41) is 0. The highest BCUT2D eigenvalue weighted by Crippen LogP contribution is 2.43. The van der Waals surface area contributed by atoms with Crippen molar-refractivity contribution in [3.8, 4) is 0 Å². The summed E-state index contributed by atoms with van der Waals surface area (Å²) >= 11 is 0. The summed E-state index contributed by atoms with van der Waals surface area (Å²) in [6, 6.07) is 0. The molecule has 1 aliphatic carbocycles. The molecule has 0 N–H and O–H groups in total. The Labute approximate surface area is 159 Å². The Morgan fingerprint density at radius 3 is 1.04 bits per heavy atom. The Morgan fingerprint density at radius 1 is 0.500 bits per heavy atom. The van der Waals surface area contributed by atoms with E-state index in [1.807, 2.05) is 0 Å². The Balaban J connectivity index is 1.76. The van der Waals surface area contributed by atoms with Crippen molar-refractivity contribution in [2.75, 3.05) is 0 Å². The third-order valence-corrected chi connectivity index (χ3v) is 6.50. The minimum absolute atomic E-state index is 0.0472. The Kier molecular flexibility index (Phi) is 4.88. The largest absolute Gasteiger partial charge is 0.469 e. The molecular formula is C20H32B2O4. The van der Waals surface area contributed by atoms with Crippen molar-refractivity contribution in [1.82, 2.24) is 0 Å². The molecule has 0 spiro atoms. The van der Waals surface area contributed by atoms with Crippen molar-refractivity contribution >= 4 is 14.2 Å². The molecule has 2 unspecified atom stereocenters. The normalized spacial score (nSPS) is 37.8. The Morgan fingerprint density at radius 2 is 0.769 bits per heavy atom. The molecule has 26 heavy (non-hydrogen) atoms. The van der Waals surface area contributed by atoms with E-state index in [-0.39, 0.29) is 48.3 Å². The standard InChI is InChI=1S/C20H32B2O4/c1-17(2)18(3,4)24-21(23-17)15-11-9-10-12-16(14-13-15)22-25-19(5,6)20(7,8)26-22/h9-16H,1-8H3/b11-9-,12-10-,14-13-. The van der Waals surface area contributed by atoms with E-state index in [0.717, 1.165) is 0 Å². The Bertz CT molecular complexity index is 548. The molecule has 2 atom stereocenters. The van der Waals surface area contributed by atoms with Crippen LogP contribution in [0.2, 0.25) is 11.6 Å². The molecule has 3 aliphatic rings. The molecule has 0 aromatic heterocycles. The molecule has 0 amide bonds. The summed E-state index contributed by atoms with van der Waals surface area (Å²) in [6.07, 6.45) is 12.6. The van der Waals surface area contributed by atoms with Crippen LogP contribution in [-0.2, 0) is 18.6 Å². The van der Waals surface area contributed by atoms with Gasteiger partial charge in [-0.3, -0.25) is 0 Å². The fraction of sp³-hybridized carbons (Fsp3) is 0.700. The van der Waals surface area contributed by atoms with Crippen molar-refractivity contribution < 1.29 is 18.6 Å². The number of allylic oxidation sites excluding steroid dienone is 6. The lowest BCUT2D eigenvalue weighted by Crippen LogP contribution is -2.41. The molecule has 0 aromatic rings. The molecule has 2 saturated heterocycles. The van der Waals surface area contributed by atoms with Crippen molar-refractivity contribution in [1.29, 1.82) is 0 Å². The second-order valence-electron chi connectivity index (χ2n) is 9.56. The van der Waals surface area contributed by atoms with Crippen molar-refractivity contribution in [2.24, 2.45) is 0 Å². The van der Waals surface area contributed by atoms with Gasteiger partial charge in [-0.05, 0) is 55.4 Å². The van der Waals surface area contributed by atoms with Gasteiger partial charge in [-0.15, -0.1) is 0 Å². The molecule has 0 aromatic carbocycles. The maximum atomic E-state index is 6.22. The zero-order valence-corrected chi connectivity index (χ0v) is 17.4. The predicted octanol–water partition coefficient (Wildman–Crippen LogP) is 4.59. The average molecular weight is 358 g/mol. The van der Waals surface area contributed by atoms with Crippen LogP contribution >= 0.6 is 0 Å².